The molecule has 1 aliphatic rings. The minimum Gasteiger partial charge on any atom is -0.444 e. The predicted molar refractivity (Wildman–Crippen MR) is 93.5 cm³/mol. The van der Waals surface area contributed by atoms with Crippen LogP contribution in [0.2, 0.25) is 0 Å². The van der Waals surface area contributed by atoms with Crippen LogP contribution in [0, 0.1) is 0 Å². The monoisotopic (exact) mass is 347 g/mol. The average molecular weight is 347 g/mol. The number of hydrogen-bond acceptors (Lipinski definition) is 5. The zero-order valence-electron chi connectivity index (χ0n) is 15.6. The first kappa shape index (κ1) is 17.4. The normalized spacial score (nSPS) is 15.4. The molecule has 0 unspecified atom stereocenters. The van der Waals surface area contributed by atoms with Crippen molar-refractivity contribution < 1.29 is 9.53 Å². The van der Waals surface area contributed by atoms with Crippen LogP contribution in [0.1, 0.15) is 52.8 Å². The Balaban J connectivity index is 2.09. The molecule has 25 heavy (non-hydrogen) atoms. The number of aromatic amines is 1. The molecule has 0 fully saturated rings. The van der Waals surface area contributed by atoms with Crippen LogP contribution in [0.4, 0.5) is 4.79 Å². The van der Waals surface area contributed by atoms with E-state index in [0.717, 1.165) is 5.69 Å². The molecular formula is C17H25N5O3. The van der Waals surface area contributed by atoms with Gasteiger partial charge in [0.15, 0.2) is 11.2 Å². The molecule has 1 amide bonds. The molecule has 0 saturated carbocycles. The number of rotatable bonds is 0. The van der Waals surface area contributed by atoms with Gasteiger partial charge in [0.2, 0.25) is 5.43 Å². The number of fused-ring (bicyclic) bond motifs is 2. The highest BCUT2D eigenvalue weighted by atomic mass is 16.6. The molecule has 2 aromatic rings. The van der Waals surface area contributed by atoms with E-state index in [2.05, 4.69) is 40.7 Å². The Labute approximate surface area is 146 Å². The van der Waals surface area contributed by atoms with Gasteiger partial charge in [-0.25, -0.2) is 4.79 Å². The van der Waals surface area contributed by atoms with Gasteiger partial charge in [-0.15, -0.1) is 5.10 Å². The summed E-state index contributed by atoms with van der Waals surface area (Å²) in [5, 5.41) is 10.8. The van der Waals surface area contributed by atoms with Gasteiger partial charge in [-0.3, -0.25) is 4.79 Å². The van der Waals surface area contributed by atoms with Gasteiger partial charge >= 0.3 is 6.09 Å². The van der Waals surface area contributed by atoms with Gasteiger partial charge in [0.05, 0.1) is 6.54 Å². The van der Waals surface area contributed by atoms with Crippen LogP contribution < -0.4 is 5.43 Å². The molecule has 136 valence electrons. The van der Waals surface area contributed by atoms with E-state index in [1.165, 1.54) is 0 Å². The number of pyridine rings is 1. The minimum absolute atomic E-state index is 0.174. The molecular weight excluding hydrogens is 322 g/mol. The van der Waals surface area contributed by atoms with Crippen molar-refractivity contribution in [2.24, 2.45) is 0 Å². The highest BCUT2D eigenvalue weighted by Gasteiger charge is 2.32. The number of carbonyl (C=O) groups is 1. The van der Waals surface area contributed by atoms with Crippen molar-refractivity contribution in [2.45, 2.75) is 65.6 Å². The second-order valence-electron chi connectivity index (χ2n) is 8.41. The lowest BCUT2D eigenvalue weighted by Crippen LogP contribution is -2.44. The Kier molecular flexibility index (Phi) is 3.89. The summed E-state index contributed by atoms with van der Waals surface area (Å²) < 4.78 is 7.50. The molecule has 3 rings (SSSR count). The maximum atomic E-state index is 12.9. The number of carbonyl (C=O) groups excluding carboxylic acids is 1. The fourth-order valence-corrected chi connectivity index (χ4v) is 3.21. The SMILES string of the molecule is CC(C)(C)OC(=O)N1CCc2c(c(=O)c3n[nH]nc3n2C(C)(C)C)C1. The zero-order chi connectivity index (χ0) is 18.6. The summed E-state index contributed by atoms with van der Waals surface area (Å²) in [7, 11) is 0. The van der Waals surface area contributed by atoms with Crippen molar-refractivity contribution in [3.05, 3.63) is 21.5 Å². The number of ether oxygens (including phenoxy) is 1. The summed E-state index contributed by atoms with van der Waals surface area (Å²) in [6.45, 7) is 12.4. The molecule has 3 heterocycles. The van der Waals surface area contributed by atoms with Crippen LogP contribution in [0.3, 0.4) is 0 Å². The third kappa shape index (κ3) is 3.12. The number of H-pyrrole nitrogens is 1. The van der Waals surface area contributed by atoms with Crippen LogP contribution in [0.25, 0.3) is 11.2 Å². The lowest BCUT2D eigenvalue weighted by molar-refractivity contribution is 0.0220. The van der Waals surface area contributed by atoms with E-state index in [9.17, 15) is 9.59 Å². The fourth-order valence-electron chi connectivity index (χ4n) is 3.21. The van der Waals surface area contributed by atoms with Crippen molar-refractivity contribution in [1.82, 2.24) is 24.9 Å². The number of amides is 1. The molecule has 8 nitrogen and oxygen atoms in total. The molecule has 0 aliphatic carbocycles. The van der Waals surface area contributed by atoms with Crippen LogP contribution in [0.15, 0.2) is 4.79 Å². The molecule has 0 spiro atoms. The summed E-state index contributed by atoms with van der Waals surface area (Å²) in [4.78, 5) is 26.8. The van der Waals surface area contributed by atoms with E-state index in [1.54, 1.807) is 4.90 Å². The Morgan fingerprint density at radius 1 is 1.16 bits per heavy atom. The van der Waals surface area contributed by atoms with Crippen LogP contribution in [-0.4, -0.2) is 43.1 Å². The quantitative estimate of drug-likeness (QED) is 0.788. The van der Waals surface area contributed by atoms with Gasteiger partial charge in [0.1, 0.15) is 5.60 Å². The predicted octanol–water partition coefficient (Wildman–Crippen LogP) is 2.17. The first-order chi connectivity index (χ1) is 11.5. The molecule has 0 bridgehead atoms. The van der Waals surface area contributed by atoms with Gasteiger partial charge in [0.25, 0.3) is 0 Å². The molecule has 8 heteroatoms. The smallest absolute Gasteiger partial charge is 0.410 e. The Morgan fingerprint density at radius 3 is 2.44 bits per heavy atom. The number of nitrogens with one attached hydrogen (secondary N) is 1. The second-order valence-corrected chi connectivity index (χ2v) is 8.41. The summed E-state index contributed by atoms with van der Waals surface area (Å²) in [5.41, 5.74) is 1.36. The highest BCUT2D eigenvalue weighted by Crippen LogP contribution is 2.27. The standard InChI is InChI=1S/C17H25N5O3/c1-16(2,3)22-11-7-8-21(15(24)25-17(4,5)6)9-10(11)13(23)12-14(22)19-20-18-12/h7-9H2,1-6H3,(H,18,19,20). The van der Waals surface area contributed by atoms with Crippen LogP contribution in [0.5, 0.6) is 0 Å². The first-order valence-corrected chi connectivity index (χ1v) is 8.44. The molecule has 0 saturated heterocycles. The minimum atomic E-state index is -0.570. The molecule has 1 aliphatic heterocycles. The number of aromatic nitrogens is 4. The lowest BCUT2D eigenvalue weighted by Gasteiger charge is -2.35. The van der Waals surface area contributed by atoms with Crippen molar-refractivity contribution in [1.29, 1.82) is 0 Å². The van der Waals surface area contributed by atoms with E-state index in [4.69, 9.17) is 4.74 Å². The molecule has 1 N–H and O–H groups in total. The van der Waals surface area contributed by atoms with Crippen molar-refractivity contribution in [2.75, 3.05) is 6.54 Å². The van der Waals surface area contributed by atoms with Crippen LogP contribution >= 0.6 is 0 Å². The molecule has 0 radical (unpaired) electrons. The van der Waals surface area contributed by atoms with E-state index in [1.807, 2.05) is 20.8 Å². The van der Waals surface area contributed by atoms with Gasteiger partial charge in [-0.1, -0.05) is 0 Å². The highest BCUT2D eigenvalue weighted by molar-refractivity contribution is 5.73. The zero-order valence-corrected chi connectivity index (χ0v) is 15.6. The van der Waals surface area contributed by atoms with Gasteiger partial charge in [0, 0.05) is 29.8 Å². The summed E-state index contributed by atoms with van der Waals surface area (Å²) in [5.74, 6) is 0. The first-order valence-electron chi connectivity index (χ1n) is 8.44. The van der Waals surface area contributed by atoms with E-state index in [-0.39, 0.29) is 17.5 Å². The average Bonchev–Trinajstić information content (AvgIpc) is 2.93. The van der Waals surface area contributed by atoms with E-state index < -0.39 is 11.7 Å². The van der Waals surface area contributed by atoms with E-state index in [0.29, 0.717) is 29.7 Å². The lowest BCUT2D eigenvalue weighted by atomic mass is 9.99. The maximum Gasteiger partial charge on any atom is 0.410 e. The largest absolute Gasteiger partial charge is 0.444 e. The van der Waals surface area contributed by atoms with Gasteiger partial charge < -0.3 is 14.2 Å². The van der Waals surface area contributed by atoms with Crippen molar-refractivity contribution in [3.63, 3.8) is 0 Å². The van der Waals surface area contributed by atoms with E-state index >= 15 is 0 Å². The molecule has 0 aromatic carbocycles. The van der Waals surface area contributed by atoms with Crippen LogP contribution in [-0.2, 0) is 23.2 Å². The Hall–Kier alpha value is -2.38. The second kappa shape index (κ2) is 5.57. The summed E-state index contributed by atoms with van der Waals surface area (Å²) in [6.07, 6.45) is 0.171. The Morgan fingerprint density at radius 2 is 1.84 bits per heavy atom. The molecule has 2 aromatic heterocycles. The third-order valence-corrected chi connectivity index (χ3v) is 4.14. The Bertz CT molecular complexity index is 883. The van der Waals surface area contributed by atoms with Gasteiger partial charge in [-0.2, -0.15) is 10.3 Å². The molecule has 0 atom stereocenters. The maximum absolute atomic E-state index is 12.9. The fraction of sp³-hybridized carbons (Fsp3) is 0.647. The van der Waals surface area contributed by atoms with Gasteiger partial charge in [-0.05, 0) is 41.5 Å². The topological polar surface area (TPSA) is 93.1 Å². The number of nitrogens with zero attached hydrogens (tertiary/aromatic N) is 4. The third-order valence-electron chi connectivity index (χ3n) is 4.14. The van der Waals surface area contributed by atoms with Crippen molar-refractivity contribution in [3.8, 4) is 0 Å². The van der Waals surface area contributed by atoms with Crippen molar-refractivity contribution >= 4 is 17.3 Å². The summed E-state index contributed by atoms with van der Waals surface area (Å²) in [6, 6.07) is 0. The summed E-state index contributed by atoms with van der Waals surface area (Å²) >= 11 is 0. The number of hydrogen-bond donors (Lipinski definition) is 1.